The Morgan fingerprint density at radius 2 is 2.10 bits per heavy atom. The Hall–Kier alpha value is -1.69. The molecule has 1 aliphatic carbocycles. The molecule has 0 aromatic carbocycles. The number of thiophene rings is 1. The number of carbonyl (C=O) groups excluding carboxylic acids is 1. The minimum atomic E-state index is 0.319. The van der Waals surface area contributed by atoms with Crippen LogP contribution in [0.1, 0.15) is 19.3 Å². The molecule has 5 nitrogen and oxygen atoms in total. The minimum Gasteiger partial charge on any atom is -0.354 e. The van der Waals surface area contributed by atoms with Gasteiger partial charge in [-0.1, -0.05) is 0 Å². The molecule has 6 heteroatoms. The van der Waals surface area contributed by atoms with Crippen molar-refractivity contribution in [1.82, 2.24) is 14.9 Å². The highest BCUT2D eigenvalue weighted by Gasteiger charge is 2.34. The third-order valence-corrected chi connectivity index (χ3v) is 5.10. The molecule has 2 aromatic rings. The summed E-state index contributed by atoms with van der Waals surface area (Å²) in [4.78, 5) is 26.4. The van der Waals surface area contributed by atoms with Crippen molar-refractivity contribution < 1.29 is 4.79 Å². The van der Waals surface area contributed by atoms with Crippen LogP contribution in [0.4, 0.5) is 5.82 Å². The summed E-state index contributed by atoms with van der Waals surface area (Å²) >= 11 is 1.65. The SMILES string of the molecule is O=C(C1CC1)N1CCCN(c2ncnc3sccc23)CC1. The summed E-state index contributed by atoms with van der Waals surface area (Å²) in [5, 5.41) is 3.19. The second-order valence-corrected chi connectivity index (χ2v) is 6.67. The highest BCUT2D eigenvalue weighted by Crippen LogP contribution is 2.32. The van der Waals surface area contributed by atoms with Crippen molar-refractivity contribution in [3.8, 4) is 0 Å². The first-order valence-corrected chi connectivity index (χ1v) is 8.43. The van der Waals surface area contributed by atoms with E-state index >= 15 is 0 Å². The molecule has 110 valence electrons. The molecule has 2 fully saturated rings. The molecule has 21 heavy (non-hydrogen) atoms. The smallest absolute Gasteiger partial charge is 0.225 e. The normalized spacial score (nSPS) is 19.8. The van der Waals surface area contributed by atoms with E-state index in [9.17, 15) is 4.79 Å². The Labute approximate surface area is 127 Å². The number of nitrogens with zero attached hydrogens (tertiary/aromatic N) is 4. The van der Waals surface area contributed by atoms with Gasteiger partial charge in [-0.05, 0) is 30.7 Å². The van der Waals surface area contributed by atoms with Crippen molar-refractivity contribution in [1.29, 1.82) is 0 Å². The lowest BCUT2D eigenvalue weighted by Gasteiger charge is -2.23. The van der Waals surface area contributed by atoms with E-state index in [1.807, 2.05) is 4.90 Å². The average Bonchev–Trinajstić information content (AvgIpc) is 3.28. The maximum absolute atomic E-state index is 12.2. The third kappa shape index (κ3) is 2.48. The van der Waals surface area contributed by atoms with Crippen LogP contribution in [-0.4, -0.2) is 47.0 Å². The number of anilines is 1. The molecule has 1 saturated carbocycles. The fraction of sp³-hybridized carbons (Fsp3) is 0.533. The number of aromatic nitrogens is 2. The Morgan fingerprint density at radius 1 is 1.19 bits per heavy atom. The van der Waals surface area contributed by atoms with Crippen LogP contribution < -0.4 is 4.90 Å². The van der Waals surface area contributed by atoms with Crippen LogP contribution in [0.3, 0.4) is 0 Å². The average molecular weight is 302 g/mol. The fourth-order valence-corrected chi connectivity index (χ4v) is 3.69. The molecular weight excluding hydrogens is 284 g/mol. The second kappa shape index (κ2) is 5.26. The van der Waals surface area contributed by atoms with Gasteiger partial charge in [0.15, 0.2) is 0 Å². The van der Waals surface area contributed by atoms with Crippen molar-refractivity contribution in [2.75, 3.05) is 31.1 Å². The van der Waals surface area contributed by atoms with Gasteiger partial charge in [0, 0.05) is 32.1 Å². The summed E-state index contributed by atoms with van der Waals surface area (Å²) in [7, 11) is 0. The largest absolute Gasteiger partial charge is 0.354 e. The van der Waals surface area contributed by atoms with Gasteiger partial charge >= 0.3 is 0 Å². The van der Waals surface area contributed by atoms with E-state index in [1.54, 1.807) is 17.7 Å². The Morgan fingerprint density at radius 3 is 2.95 bits per heavy atom. The molecule has 1 saturated heterocycles. The van der Waals surface area contributed by atoms with Gasteiger partial charge in [-0.2, -0.15) is 0 Å². The van der Waals surface area contributed by atoms with Crippen molar-refractivity contribution in [3.63, 3.8) is 0 Å². The molecule has 0 spiro atoms. The summed E-state index contributed by atoms with van der Waals surface area (Å²) in [5.41, 5.74) is 0. The van der Waals surface area contributed by atoms with Crippen molar-refractivity contribution in [3.05, 3.63) is 17.8 Å². The summed E-state index contributed by atoms with van der Waals surface area (Å²) in [6, 6.07) is 2.09. The monoisotopic (exact) mass is 302 g/mol. The van der Waals surface area contributed by atoms with Crippen LogP contribution in [0.15, 0.2) is 17.8 Å². The van der Waals surface area contributed by atoms with Crippen LogP contribution in [0.2, 0.25) is 0 Å². The van der Waals surface area contributed by atoms with E-state index in [4.69, 9.17) is 0 Å². The first-order chi connectivity index (χ1) is 10.3. The Kier molecular flexibility index (Phi) is 3.25. The summed E-state index contributed by atoms with van der Waals surface area (Å²) in [6.07, 6.45) is 4.82. The van der Waals surface area contributed by atoms with Gasteiger partial charge in [-0.3, -0.25) is 4.79 Å². The first-order valence-electron chi connectivity index (χ1n) is 7.55. The number of hydrogen-bond acceptors (Lipinski definition) is 5. The van der Waals surface area contributed by atoms with Crippen LogP contribution in [0, 0.1) is 5.92 Å². The van der Waals surface area contributed by atoms with E-state index in [0.717, 1.165) is 61.5 Å². The molecule has 2 aromatic heterocycles. The van der Waals surface area contributed by atoms with Gasteiger partial charge in [0.2, 0.25) is 5.91 Å². The fourth-order valence-electron chi connectivity index (χ4n) is 2.97. The van der Waals surface area contributed by atoms with Gasteiger partial charge in [-0.25, -0.2) is 9.97 Å². The van der Waals surface area contributed by atoms with Gasteiger partial charge in [-0.15, -0.1) is 11.3 Å². The standard InChI is InChI=1S/C15H18N4OS/c20-15(11-2-3-11)19-6-1-5-18(7-8-19)13-12-4-9-21-14(12)17-10-16-13/h4,9-11H,1-3,5-8H2. The molecule has 1 aliphatic heterocycles. The zero-order valence-electron chi connectivity index (χ0n) is 11.9. The summed E-state index contributed by atoms with van der Waals surface area (Å²) in [6.45, 7) is 3.51. The van der Waals surface area contributed by atoms with E-state index in [2.05, 4.69) is 26.3 Å². The highest BCUT2D eigenvalue weighted by molar-refractivity contribution is 7.16. The van der Waals surface area contributed by atoms with Gasteiger partial charge < -0.3 is 9.80 Å². The molecule has 0 atom stereocenters. The van der Waals surface area contributed by atoms with Crippen molar-refractivity contribution >= 4 is 33.3 Å². The molecule has 1 amide bonds. The third-order valence-electron chi connectivity index (χ3n) is 4.27. The van der Waals surface area contributed by atoms with Gasteiger partial charge in [0.25, 0.3) is 0 Å². The van der Waals surface area contributed by atoms with E-state index in [1.165, 1.54) is 0 Å². The number of rotatable bonds is 2. The molecule has 0 bridgehead atoms. The topological polar surface area (TPSA) is 49.3 Å². The zero-order valence-corrected chi connectivity index (χ0v) is 12.7. The van der Waals surface area contributed by atoms with E-state index in [-0.39, 0.29) is 0 Å². The van der Waals surface area contributed by atoms with Crippen LogP contribution in [0.5, 0.6) is 0 Å². The number of amides is 1. The van der Waals surface area contributed by atoms with Crippen molar-refractivity contribution in [2.24, 2.45) is 5.92 Å². The first kappa shape index (κ1) is 13.0. The lowest BCUT2D eigenvalue weighted by Crippen LogP contribution is -2.36. The molecule has 0 N–H and O–H groups in total. The van der Waals surface area contributed by atoms with Crippen molar-refractivity contribution in [2.45, 2.75) is 19.3 Å². The Balaban J connectivity index is 1.54. The maximum atomic E-state index is 12.2. The predicted octanol–water partition coefficient (Wildman–Crippen LogP) is 2.14. The number of hydrogen-bond donors (Lipinski definition) is 0. The molecule has 2 aliphatic rings. The quantitative estimate of drug-likeness (QED) is 0.853. The lowest BCUT2D eigenvalue weighted by molar-refractivity contribution is -0.132. The maximum Gasteiger partial charge on any atom is 0.225 e. The summed E-state index contributed by atoms with van der Waals surface area (Å²) in [5.74, 6) is 1.70. The minimum absolute atomic E-state index is 0.319. The second-order valence-electron chi connectivity index (χ2n) is 5.78. The molecule has 3 heterocycles. The van der Waals surface area contributed by atoms with Crippen LogP contribution in [-0.2, 0) is 4.79 Å². The lowest BCUT2D eigenvalue weighted by atomic mass is 10.3. The predicted molar refractivity (Wildman–Crippen MR) is 83.5 cm³/mol. The Bertz CT molecular complexity index is 666. The molecule has 0 radical (unpaired) electrons. The molecular formula is C15H18N4OS. The number of fused-ring (bicyclic) bond motifs is 1. The highest BCUT2D eigenvalue weighted by atomic mass is 32.1. The van der Waals surface area contributed by atoms with Gasteiger partial charge in [0.05, 0.1) is 5.39 Å². The molecule has 0 unspecified atom stereocenters. The van der Waals surface area contributed by atoms with E-state index < -0.39 is 0 Å². The van der Waals surface area contributed by atoms with Crippen LogP contribution in [0.25, 0.3) is 10.2 Å². The van der Waals surface area contributed by atoms with Crippen LogP contribution >= 0.6 is 11.3 Å². The van der Waals surface area contributed by atoms with E-state index in [0.29, 0.717) is 11.8 Å². The summed E-state index contributed by atoms with van der Waals surface area (Å²) < 4.78 is 0. The van der Waals surface area contributed by atoms with Gasteiger partial charge in [0.1, 0.15) is 17.0 Å². The zero-order chi connectivity index (χ0) is 14.2. The molecule has 4 rings (SSSR count). The number of carbonyl (C=O) groups is 1.